The Kier molecular flexibility index (Phi) is 9.90. The van der Waals surface area contributed by atoms with Crippen LogP contribution in [0.15, 0.2) is 48.5 Å². The molecule has 0 heterocycles. The van der Waals surface area contributed by atoms with E-state index in [1.54, 1.807) is 48.5 Å². The summed E-state index contributed by atoms with van der Waals surface area (Å²) in [5.74, 6) is -1.03. The molecular weight excluding hydrogens is 414 g/mol. The standard InChI is InChI=1S/C24H27NO7/c1-3-14-31-24(29)17-10-12-19(13-11-17)25-22(27)8-5-9-23(28)32-16-21(26)18-6-4-7-20(15-18)30-2/h4,6-7,10-13,15H,3,5,8-9,14,16H2,1-2H3,(H,25,27). The average molecular weight is 441 g/mol. The molecule has 0 fully saturated rings. The van der Waals surface area contributed by atoms with E-state index in [0.717, 1.165) is 6.42 Å². The summed E-state index contributed by atoms with van der Waals surface area (Å²) in [7, 11) is 1.50. The molecule has 0 aliphatic carbocycles. The minimum atomic E-state index is -0.552. The largest absolute Gasteiger partial charge is 0.497 e. The lowest BCUT2D eigenvalue weighted by Crippen LogP contribution is -2.15. The minimum absolute atomic E-state index is 0.0149. The Bertz CT molecular complexity index is 938. The van der Waals surface area contributed by atoms with Crippen LogP contribution in [-0.4, -0.2) is 44.0 Å². The van der Waals surface area contributed by atoms with Gasteiger partial charge in [-0.3, -0.25) is 14.4 Å². The molecule has 0 bridgehead atoms. The van der Waals surface area contributed by atoms with Crippen molar-refractivity contribution in [3.63, 3.8) is 0 Å². The number of esters is 2. The van der Waals surface area contributed by atoms with Crippen LogP contribution in [0.5, 0.6) is 5.75 Å². The molecule has 0 atom stereocenters. The molecule has 2 rings (SSSR count). The molecule has 0 saturated carbocycles. The fraction of sp³-hybridized carbons (Fsp3) is 0.333. The fourth-order valence-electron chi connectivity index (χ4n) is 2.68. The van der Waals surface area contributed by atoms with Gasteiger partial charge in [0.1, 0.15) is 5.75 Å². The average Bonchev–Trinajstić information content (AvgIpc) is 2.81. The van der Waals surface area contributed by atoms with Crippen LogP contribution in [-0.2, 0) is 19.1 Å². The summed E-state index contributed by atoms with van der Waals surface area (Å²) in [5.41, 5.74) is 1.33. The fourth-order valence-corrected chi connectivity index (χ4v) is 2.68. The summed E-state index contributed by atoms with van der Waals surface area (Å²) in [4.78, 5) is 47.7. The van der Waals surface area contributed by atoms with E-state index in [2.05, 4.69) is 5.32 Å². The van der Waals surface area contributed by atoms with Crippen molar-refractivity contribution in [3.8, 4) is 5.75 Å². The van der Waals surface area contributed by atoms with E-state index in [1.165, 1.54) is 7.11 Å². The Balaban J connectivity index is 1.68. The third kappa shape index (κ3) is 8.22. The van der Waals surface area contributed by atoms with Crippen LogP contribution in [0.2, 0.25) is 0 Å². The normalized spacial score (nSPS) is 10.2. The number of hydrogen-bond donors (Lipinski definition) is 1. The van der Waals surface area contributed by atoms with Crippen molar-refractivity contribution >= 4 is 29.3 Å². The number of benzene rings is 2. The van der Waals surface area contributed by atoms with E-state index < -0.39 is 11.9 Å². The molecule has 32 heavy (non-hydrogen) atoms. The number of carbonyl (C=O) groups is 4. The molecule has 0 spiro atoms. The molecule has 0 aromatic heterocycles. The van der Waals surface area contributed by atoms with Crippen molar-refractivity contribution in [1.82, 2.24) is 0 Å². The lowest BCUT2D eigenvalue weighted by molar-refractivity contribution is -0.142. The number of nitrogens with one attached hydrogen (secondary N) is 1. The predicted octanol–water partition coefficient (Wildman–Crippen LogP) is 3.80. The Morgan fingerprint density at radius 3 is 2.34 bits per heavy atom. The quantitative estimate of drug-likeness (QED) is 0.394. The van der Waals surface area contributed by atoms with Crippen molar-refractivity contribution in [2.75, 3.05) is 25.6 Å². The molecule has 0 unspecified atom stereocenters. The van der Waals surface area contributed by atoms with Crippen molar-refractivity contribution in [2.24, 2.45) is 0 Å². The molecule has 2 aromatic rings. The zero-order valence-electron chi connectivity index (χ0n) is 18.2. The number of methoxy groups -OCH3 is 1. The van der Waals surface area contributed by atoms with Crippen molar-refractivity contribution in [2.45, 2.75) is 32.6 Å². The van der Waals surface area contributed by atoms with Gasteiger partial charge in [0.25, 0.3) is 0 Å². The van der Waals surface area contributed by atoms with Gasteiger partial charge in [-0.2, -0.15) is 0 Å². The van der Waals surface area contributed by atoms with Gasteiger partial charge in [-0.05, 0) is 49.2 Å². The molecule has 0 saturated heterocycles. The SMILES string of the molecule is CCCOC(=O)c1ccc(NC(=O)CCCC(=O)OCC(=O)c2cccc(OC)c2)cc1. The summed E-state index contributed by atoms with van der Waals surface area (Å²) in [6.45, 7) is 1.90. The molecule has 8 nitrogen and oxygen atoms in total. The summed E-state index contributed by atoms with van der Waals surface area (Å²) in [6, 6.07) is 12.9. The van der Waals surface area contributed by atoms with E-state index in [4.69, 9.17) is 14.2 Å². The Labute approximate surface area is 186 Å². The number of ketones is 1. The van der Waals surface area contributed by atoms with Crippen LogP contribution in [0.1, 0.15) is 53.3 Å². The van der Waals surface area contributed by atoms with E-state index in [-0.39, 0.29) is 37.6 Å². The van der Waals surface area contributed by atoms with Crippen LogP contribution in [0.3, 0.4) is 0 Å². The maximum absolute atomic E-state index is 12.1. The summed E-state index contributed by atoms with van der Waals surface area (Å²) in [5, 5.41) is 2.70. The maximum atomic E-state index is 12.1. The van der Waals surface area contributed by atoms with E-state index in [0.29, 0.717) is 29.2 Å². The monoisotopic (exact) mass is 441 g/mol. The van der Waals surface area contributed by atoms with E-state index in [9.17, 15) is 19.2 Å². The molecular formula is C24H27NO7. The van der Waals surface area contributed by atoms with Gasteiger partial charge >= 0.3 is 11.9 Å². The van der Waals surface area contributed by atoms with Crippen molar-refractivity contribution < 1.29 is 33.4 Å². The Morgan fingerprint density at radius 2 is 1.66 bits per heavy atom. The Hall–Kier alpha value is -3.68. The zero-order chi connectivity index (χ0) is 23.3. The number of rotatable bonds is 12. The maximum Gasteiger partial charge on any atom is 0.338 e. The predicted molar refractivity (Wildman–Crippen MR) is 118 cm³/mol. The molecule has 2 aromatic carbocycles. The van der Waals surface area contributed by atoms with Crippen molar-refractivity contribution in [3.05, 3.63) is 59.7 Å². The number of ether oxygens (including phenoxy) is 3. The first kappa shape index (κ1) is 24.6. The number of Topliss-reactive ketones (excluding diaryl/α,β-unsaturated/α-hetero) is 1. The second kappa shape index (κ2) is 12.9. The van der Waals surface area contributed by atoms with Gasteiger partial charge in [0.2, 0.25) is 5.91 Å². The van der Waals surface area contributed by atoms with Crippen LogP contribution in [0.25, 0.3) is 0 Å². The highest BCUT2D eigenvalue weighted by atomic mass is 16.5. The molecule has 1 amide bonds. The smallest absolute Gasteiger partial charge is 0.338 e. The second-order valence-corrected chi connectivity index (χ2v) is 6.93. The molecule has 1 N–H and O–H groups in total. The number of amides is 1. The highest BCUT2D eigenvalue weighted by Crippen LogP contribution is 2.14. The summed E-state index contributed by atoms with van der Waals surface area (Å²) in [6.07, 6.45) is 1.14. The number of hydrogen-bond acceptors (Lipinski definition) is 7. The lowest BCUT2D eigenvalue weighted by Gasteiger charge is -2.07. The van der Waals surface area contributed by atoms with Gasteiger partial charge in [0.05, 0.1) is 19.3 Å². The highest BCUT2D eigenvalue weighted by molar-refractivity contribution is 5.98. The van der Waals surface area contributed by atoms with Gasteiger partial charge < -0.3 is 19.5 Å². The molecule has 0 radical (unpaired) electrons. The zero-order valence-corrected chi connectivity index (χ0v) is 18.2. The number of anilines is 1. The molecule has 0 aliphatic heterocycles. The minimum Gasteiger partial charge on any atom is -0.497 e. The van der Waals surface area contributed by atoms with Gasteiger partial charge in [-0.15, -0.1) is 0 Å². The van der Waals surface area contributed by atoms with Crippen LogP contribution >= 0.6 is 0 Å². The van der Waals surface area contributed by atoms with Crippen LogP contribution in [0.4, 0.5) is 5.69 Å². The van der Waals surface area contributed by atoms with Gasteiger partial charge in [-0.1, -0.05) is 19.1 Å². The van der Waals surface area contributed by atoms with Gasteiger partial charge in [-0.25, -0.2) is 4.79 Å². The highest BCUT2D eigenvalue weighted by Gasteiger charge is 2.12. The topological polar surface area (TPSA) is 108 Å². The molecule has 0 aliphatic rings. The number of carbonyl (C=O) groups excluding carboxylic acids is 4. The first-order valence-electron chi connectivity index (χ1n) is 10.3. The third-order valence-corrected chi connectivity index (χ3v) is 4.38. The van der Waals surface area contributed by atoms with Gasteiger partial charge in [0, 0.05) is 24.1 Å². The van der Waals surface area contributed by atoms with Crippen LogP contribution < -0.4 is 10.1 Å². The molecule has 170 valence electrons. The van der Waals surface area contributed by atoms with Gasteiger partial charge in [0.15, 0.2) is 12.4 Å². The third-order valence-electron chi connectivity index (χ3n) is 4.38. The Morgan fingerprint density at radius 1 is 0.906 bits per heavy atom. The second-order valence-electron chi connectivity index (χ2n) is 6.93. The lowest BCUT2D eigenvalue weighted by atomic mass is 10.1. The summed E-state index contributed by atoms with van der Waals surface area (Å²) >= 11 is 0. The first-order chi connectivity index (χ1) is 15.4. The van der Waals surface area contributed by atoms with Crippen LogP contribution in [0, 0.1) is 0 Å². The van der Waals surface area contributed by atoms with E-state index in [1.807, 2.05) is 6.92 Å². The molecule has 8 heteroatoms. The van der Waals surface area contributed by atoms with E-state index >= 15 is 0 Å². The summed E-state index contributed by atoms with van der Waals surface area (Å²) < 4.78 is 15.1. The van der Waals surface area contributed by atoms with Crippen molar-refractivity contribution in [1.29, 1.82) is 0 Å². The first-order valence-corrected chi connectivity index (χ1v) is 10.3.